The molecule has 0 aromatic heterocycles. The van der Waals surface area contributed by atoms with E-state index in [1.54, 1.807) is 0 Å². The molecule has 110 valence electrons. The van der Waals surface area contributed by atoms with E-state index < -0.39 is 0 Å². The van der Waals surface area contributed by atoms with Crippen LogP contribution in [0.2, 0.25) is 0 Å². The molecule has 2 heteroatoms. The largest absolute Gasteiger partial charge is 1.00 e. The quantitative estimate of drug-likeness (QED) is 0.527. The average molecular weight is 284 g/mol. The van der Waals surface area contributed by atoms with E-state index in [4.69, 9.17) is 0 Å². The molecule has 1 rings (SSSR count). The fraction of sp³-hybridized carbons (Fsp3) is 0.647. The average Bonchev–Trinajstić information content (AvgIpc) is 2.29. The van der Waals surface area contributed by atoms with Gasteiger partial charge in [-0.3, -0.25) is 0 Å². The van der Waals surface area contributed by atoms with Crippen LogP contribution in [0, 0.1) is 0 Å². The standard InChI is InChI=1S/C17H30N.ClH/c1-6-7-11-14-17(2,3)18(4,5)15-16-12-9-8-10-13-16;/h8-10,12-13H,6-7,11,14-15H2,1-5H3;1H/q+1;/p-1. The summed E-state index contributed by atoms with van der Waals surface area (Å²) in [6, 6.07) is 10.8. The minimum Gasteiger partial charge on any atom is -1.00 e. The lowest BCUT2D eigenvalue weighted by molar-refractivity contribution is -0.950. The molecule has 0 saturated heterocycles. The molecule has 1 aromatic carbocycles. The molecule has 19 heavy (non-hydrogen) atoms. The van der Waals surface area contributed by atoms with Crippen molar-refractivity contribution in [3.8, 4) is 0 Å². The van der Waals surface area contributed by atoms with E-state index >= 15 is 0 Å². The fourth-order valence-corrected chi connectivity index (χ4v) is 2.36. The Hall–Kier alpha value is -0.530. The number of benzene rings is 1. The molecular formula is C17H30ClN. The summed E-state index contributed by atoms with van der Waals surface area (Å²) in [7, 11) is 4.72. The lowest BCUT2D eigenvalue weighted by atomic mass is 9.92. The predicted octanol–water partition coefficient (Wildman–Crippen LogP) is 1.63. The molecular weight excluding hydrogens is 254 g/mol. The molecule has 0 aliphatic carbocycles. The normalized spacial score (nSPS) is 12.1. The van der Waals surface area contributed by atoms with E-state index in [2.05, 4.69) is 65.2 Å². The first-order chi connectivity index (χ1) is 8.39. The molecule has 0 aliphatic heterocycles. The topological polar surface area (TPSA) is 0 Å². The number of halogens is 1. The maximum Gasteiger partial charge on any atom is 0.104 e. The highest BCUT2D eigenvalue weighted by atomic mass is 35.5. The lowest BCUT2D eigenvalue weighted by Gasteiger charge is -2.45. The minimum absolute atomic E-state index is 0. The summed E-state index contributed by atoms with van der Waals surface area (Å²) in [4.78, 5) is 0. The Bertz CT molecular complexity index is 344. The predicted molar refractivity (Wildman–Crippen MR) is 80.5 cm³/mol. The Morgan fingerprint density at radius 2 is 1.58 bits per heavy atom. The Kier molecular flexibility index (Phi) is 7.69. The fourth-order valence-electron chi connectivity index (χ4n) is 2.36. The second-order valence-corrected chi connectivity index (χ2v) is 6.60. The number of rotatable bonds is 7. The van der Waals surface area contributed by atoms with Crippen LogP contribution in [0.4, 0.5) is 0 Å². The first-order valence-electron chi connectivity index (χ1n) is 7.26. The van der Waals surface area contributed by atoms with Crippen LogP contribution in [-0.4, -0.2) is 24.1 Å². The van der Waals surface area contributed by atoms with Gasteiger partial charge in [-0.25, -0.2) is 0 Å². The molecule has 0 fully saturated rings. The number of hydrogen-bond acceptors (Lipinski definition) is 0. The molecule has 0 saturated carbocycles. The molecule has 0 bridgehead atoms. The summed E-state index contributed by atoms with van der Waals surface area (Å²) in [5.74, 6) is 0. The van der Waals surface area contributed by atoms with E-state index in [-0.39, 0.29) is 12.4 Å². The Morgan fingerprint density at radius 1 is 1.00 bits per heavy atom. The van der Waals surface area contributed by atoms with Crippen LogP contribution < -0.4 is 12.4 Å². The van der Waals surface area contributed by atoms with Gasteiger partial charge in [0.05, 0.1) is 19.6 Å². The van der Waals surface area contributed by atoms with Gasteiger partial charge in [0.2, 0.25) is 0 Å². The molecule has 0 atom stereocenters. The van der Waals surface area contributed by atoms with Crippen LogP contribution in [0.15, 0.2) is 30.3 Å². The summed E-state index contributed by atoms with van der Waals surface area (Å²) < 4.78 is 1.06. The molecule has 1 nitrogen and oxygen atoms in total. The van der Waals surface area contributed by atoms with Crippen molar-refractivity contribution in [3.05, 3.63) is 35.9 Å². The summed E-state index contributed by atoms with van der Waals surface area (Å²) in [6.07, 6.45) is 5.32. The second kappa shape index (κ2) is 7.91. The number of hydrogen-bond donors (Lipinski definition) is 0. The van der Waals surface area contributed by atoms with Crippen molar-refractivity contribution in [2.24, 2.45) is 0 Å². The monoisotopic (exact) mass is 283 g/mol. The molecule has 0 unspecified atom stereocenters. The van der Waals surface area contributed by atoms with Gasteiger partial charge < -0.3 is 16.9 Å². The summed E-state index contributed by atoms with van der Waals surface area (Å²) in [5.41, 5.74) is 1.77. The van der Waals surface area contributed by atoms with Crippen molar-refractivity contribution < 1.29 is 16.9 Å². The Labute approximate surface area is 126 Å². The van der Waals surface area contributed by atoms with E-state index in [0.29, 0.717) is 5.54 Å². The molecule has 0 spiro atoms. The molecule has 1 aromatic rings. The first-order valence-corrected chi connectivity index (χ1v) is 7.26. The summed E-state index contributed by atoms with van der Waals surface area (Å²) >= 11 is 0. The van der Waals surface area contributed by atoms with Crippen molar-refractivity contribution in [1.29, 1.82) is 0 Å². The third kappa shape index (κ3) is 5.54. The van der Waals surface area contributed by atoms with Crippen LogP contribution in [0.3, 0.4) is 0 Å². The van der Waals surface area contributed by atoms with Crippen molar-refractivity contribution in [3.63, 3.8) is 0 Å². The molecule has 0 heterocycles. The van der Waals surface area contributed by atoms with Gasteiger partial charge in [-0.05, 0) is 20.3 Å². The summed E-state index contributed by atoms with van der Waals surface area (Å²) in [5, 5.41) is 0. The van der Waals surface area contributed by atoms with Crippen molar-refractivity contribution in [2.45, 2.75) is 58.5 Å². The zero-order valence-corrected chi connectivity index (χ0v) is 14.0. The van der Waals surface area contributed by atoms with Crippen LogP contribution >= 0.6 is 0 Å². The zero-order valence-electron chi connectivity index (χ0n) is 13.2. The third-order valence-corrected chi connectivity index (χ3v) is 4.45. The highest BCUT2D eigenvalue weighted by molar-refractivity contribution is 5.13. The van der Waals surface area contributed by atoms with Gasteiger partial charge in [-0.1, -0.05) is 50.1 Å². The van der Waals surface area contributed by atoms with E-state index in [0.717, 1.165) is 11.0 Å². The number of nitrogens with zero attached hydrogens (tertiary/aromatic N) is 1. The van der Waals surface area contributed by atoms with Gasteiger partial charge in [-0.15, -0.1) is 0 Å². The number of unbranched alkanes of at least 4 members (excludes halogenated alkanes) is 2. The van der Waals surface area contributed by atoms with Gasteiger partial charge in [0.25, 0.3) is 0 Å². The smallest absolute Gasteiger partial charge is 0.104 e. The van der Waals surface area contributed by atoms with Gasteiger partial charge in [0, 0.05) is 12.0 Å². The summed E-state index contributed by atoms with van der Waals surface area (Å²) in [6.45, 7) is 8.20. The first kappa shape index (κ1) is 18.5. The van der Waals surface area contributed by atoms with Gasteiger partial charge in [0.1, 0.15) is 6.54 Å². The van der Waals surface area contributed by atoms with Gasteiger partial charge in [-0.2, -0.15) is 0 Å². The lowest BCUT2D eigenvalue weighted by Crippen LogP contribution is -3.00. The SMILES string of the molecule is CCCCCC(C)(C)[N+](C)(C)Cc1ccccc1.[Cl-]. The molecule has 0 aliphatic rings. The Balaban J connectivity index is 0.00000324. The van der Waals surface area contributed by atoms with Crippen molar-refractivity contribution in [2.75, 3.05) is 14.1 Å². The third-order valence-electron chi connectivity index (χ3n) is 4.45. The highest BCUT2D eigenvalue weighted by Gasteiger charge is 2.35. The Morgan fingerprint density at radius 3 is 2.11 bits per heavy atom. The van der Waals surface area contributed by atoms with Gasteiger partial charge in [0.15, 0.2) is 0 Å². The maximum absolute atomic E-state index is 2.41. The van der Waals surface area contributed by atoms with Crippen LogP contribution in [0.5, 0.6) is 0 Å². The van der Waals surface area contributed by atoms with E-state index in [1.807, 2.05) is 0 Å². The maximum atomic E-state index is 2.41. The molecule has 0 radical (unpaired) electrons. The molecule has 0 N–H and O–H groups in total. The highest BCUT2D eigenvalue weighted by Crippen LogP contribution is 2.28. The molecule has 0 amide bonds. The van der Waals surface area contributed by atoms with E-state index in [1.165, 1.54) is 31.2 Å². The van der Waals surface area contributed by atoms with Crippen molar-refractivity contribution in [1.82, 2.24) is 0 Å². The van der Waals surface area contributed by atoms with Crippen LogP contribution in [0.1, 0.15) is 52.0 Å². The van der Waals surface area contributed by atoms with Crippen molar-refractivity contribution >= 4 is 0 Å². The van der Waals surface area contributed by atoms with Crippen LogP contribution in [0.25, 0.3) is 0 Å². The number of quaternary nitrogens is 1. The minimum atomic E-state index is 0. The van der Waals surface area contributed by atoms with Crippen LogP contribution in [-0.2, 0) is 6.54 Å². The van der Waals surface area contributed by atoms with E-state index in [9.17, 15) is 0 Å². The zero-order chi connectivity index (χ0) is 13.6. The second-order valence-electron chi connectivity index (χ2n) is 6.60. The van der Waals surface area contributed by atoms with Gasteiger partial charge >= 0.3 is 0 Å².